The molecule has 0 aromatic heterocycles. The van der Waals surface area contributed by atoms with Gasteiger partial charge in [0.2, 0.25) is 0 Å². The first-order chi connectivity index (χ1) is 7.13. The molecule has 0 amide bonds. The smallest absolute Gasteiger partial charge is 0.0886 e. The fourth-order valence-electron chi connectivity index (χ4n) is 1.24. The molecule has 0 fully saturated rings. The summed E-state index contributed by atoms with van der Waals surface area (Å²) in [4.78, 5) is 0. The maximum atomic E-state index is 5.95. The van der Waals surface area contributed by atoms with E-state index >= 15 is 0 Å². The van der Waals surface area contributed by atoms with Gasteiger partial charge in [0.25, 0.3) is 0 Å². The van der Waals surface area contributed by atoms with E-state index in [0.717, 1.165) is 11.1 Å². The lowest BCUT2D eigenvalue weighted by Gasteiger charge is -2.13. The number of hydrogen-bond acceptors (Lipinski definition) is 3. The Kier molecular flexibility index (Phi) is 3.94. The summed E-state index contributed by atoms with van der Waals surface area (Å²) in [5.74, 6) is 0.438. The molecular formula is C12H17N3. The van der Waals surface area contributed by atoms with Crippen molar-refractivity contribution < 1.29 is 0 Å². The Bertz CT molecular complexity index is 340. The molecule has 80 valence electrons. The SMILES string of the molecule is C=Cc1ccc(C(N)CNC(=C)N)cc1. The largest absolute Gasteiger partial charge is 0.386 e. The second-order valence-electron chi connectivity index (χ2n) is 3.38. The molecule has 0 heterocycles. The van der Waals surface area contributed by atoms with Gasteiger partial charge in [0.1, 0.15) is 0 Å². The maximum absolute atomic E-state index is 5.95. The van der Waals surface area contributed by atoms with Crippen LogP contribution in [-0.2, 0) is 0 Å². The van der Waals surface area contributed by atoms with Gasteiger partial charge >= 0.3 is 0 Å². The molecule has 1 atom stereocenters. The second-order valence-corrected chi connectivity index (χ2v) is 3.38. The third kappa shape index (κ3) is 3.48. The van der Waals surface area contributed by atoms with Gasteiger partial charge in [0.05, 0.1) is 5.82 Å². The van der Waals surface area contributed by atoms with Crippen molar-refractivity contribution in [1.82, 2.24) is 5.32 Å². The first-order valence-corrected chi connectivity index (χ1v) is 4.79. The van der Waals surface area contributed by atoms with E-state index in [9.17, 15) is 0 Å². The van der Waals surface area contributed by atoms with Crippen LogP contribution in [0.15, 0.2) is 43.2 Å². The average Bonchev–Trinajstić information content (AvgIpc) is 2.26. The van der Waals surface area contributed by atoms with Crippen molar-refractivity contribution in [2.45, 2.75) is 6.04 Å². The molecule has 1 unspecified atom stereocenters. The van der Waals surface area contributed by atoms with Gasteiger partial charge in [-0.3, -0.25) is 0 Å². The zero-order valence-corrected chi connectivity index (χ0v) is 8.74. The molecule has 15 heavy (non-hydrogen) atoms. The highest BCUT2D eigenvalue weighted by atomic mass is 15.0. The van der Waals surface area contributed by atoms with Crippen LogP contribution in [0.3, 0.4) is 0 Å². The summed E-state index contributed by atoms with van der Waals surface area (Å²) >= 11 is 0. The summed E-state index contributed by atoms with van der Waals surface area (Å²) in [5, 5.41) is 2.91. The standard InChI is InChI=1S/C12H17N3/c1-3-10-4-6-11(7-5-10)12(14)8-15-9(2)13/h3-7,12,15H,1-2,8,13-14H2. The molecular weight excluding hydrogens is 186 g/mol. The van der Waals surface area contributed by atoms with E-state index in [-0.39, 0.29) is 6.04 Å². The average molecular weight is 203 g/mol. The van der Waals surface area contributed by atoms with Gasteiger partial charge in [-0.1, -0.05) is 43.5 Å². The van der Waals surface area contributed by atoms with Crippen molar-refractivity contribution in [2.24, 2.45) is 11.5 Å². The zero-order valence-electron chi connectivity index (χ0n) is 8.74. The van der Waals surface area contributed by atoms with E-state index in [0.29, 0.717) is 12.4 Å². The zero-order chi connectivity index (χ0) is 11.3. The third-order valence-corrected chi connectivity index (χ3v) is 2.15. The van der Waals surface area contributed by atoms with Crippen LogP contribution in [-0.4, -0.2) is 6.54 Å². The van der Waals surface area contributed by atoms with Gasteiger partial charge in [-0.25, -0.2) is 0 Å². The van der Waals surface area contributed by atoms with Crippen LogP contribution in [0.4, 0.5) is 0 Å². The monoisotopic (exact) mass is 203 g/mol. The Morgan fingerprint density at radius 2 is 2.00 bits per heavy atom. The molecule has 3 heteroatoms. The van der Waals surface area contributed by atoms with Crippen LogP contribution in [0.2, 0.25) is 0 Å². The van der Waals surface area contributed by atoms with Gasteiger partial charge in [-0.05, 0) is 11.1 Å². The van der Waals surface area contributed by atoms with Crippen molar-refractivity contribution in [3.63, 3.8) is 0 Å². The van der Waals surface area contributed by atoms with Crippen LogP contribution in [0.5, 0.6) is 0 Å². The maximum Gasteiger partial charge on any atom is 0.0886 e. The van der Waals surface area contributed by atoms with Crippen molar-refractivity contribution in [2.75, 3.05) is 6.54 Å². The fraction of sp³-hybridized carbons (Fsp3) is 0.167. The summed E-state index contributed by atoms with van der Waals surface area (Å²) in [5.41, 5.74) is 13.5. The van der Waals surface area contributed by atoms with Crippen LogP contribution in [0.1, 0.15) is 17.2 Å². The van der Waals surface area contributed by atoms with Crippen LogP contribution < -0.4 is 16.8 Å². The van der Waals surface area contributed by atoms with Gasteiger partial charge in [-0.15, -0.1) is 0 Å². The lowest BCUT2D eigenvalue weighted by molar-refractivity contribution is 0.651. The fourth-order valence-corrected chi connectivity index (χ4v) is 1.24. The summed E-state index contributed by atoms with van der Waals surface area (Å²) in [7, 11) is 0. The summed E-state index contributed by atoms with van der Waals surface area (Å²) < 4.78 is 0. The summed E-state index contributed by atoms with van der Waals surface area (Å²) in [6.07, 6.45) is 1.80. The first-order valence-electron chi connectivity index (χ1n) is 4.79. The lowest BCUT2D eigenvalue weighted by Crippen LogP contribution is -2.28. The molecule has 5 N–H and O–H groups in total. The quantitative estimate of drug-likeness (QED) is 0.677. The Morgan fingerprint density at radius 1 is 1.40 bits per heavy atom. The predicted octanol–water partition coefficient (Wildman–Crippen LogP) is 1.35. The minimum absolute atomic E-state index is 0.0795. The molecule has 0 aliphatic carbocycles. The molecule has 0 aliphatic rings. The van der Waals surface area contributed by atoms with E-state index in [4.69, 9.17) is 11.5 Å². The number of rotatable bonds is 5. The van der Waals surface area contributed by atoms with Crippen LogP contribution in [0, 0.1) is 0 Å². The van der Waals surface area contributed by atoms with Crippen LogP contribution >= 0.6 is 0 Å². The predicted molar refractivity (Wildman–Crippen MR) is 64.8 cm³/mol. The molecule has 3 nitrogen and oxygen atoms in total. The Labute approximate surface area is 90.5 Å². The minimum atomic E-state index is -0.0795. The highest BCUT2D eigenvalue weighted by molar-refractivity contribution is 5.47. The number of benzene rings is 1. The van der Waals surface area contributed by atoms with Crippen molar-refractivity contribution >= 4 is 6.08 Å². The molecule has 0 bridgehead atoms. The Hall–Kier alpha value is -1.74. The molecule has 1 rings (SSSR count). The molecule has 0 radical (unpaired) electrons. The van der Waals surface area contributed by atoms with Crippen molar-refractivity contribution in [1.29, 1.82) is 0 Å². The third-order valence-electron chi connectivity index (χ3n) is 2.15. The van der Waals surface area contributed by atoms with E-state index in [1.165, 1.54) is 0 Å². The van der Waals surface area contributed by atoms with E-state index < -0.39 is 0 Å². The van der Waals surface area contributed by atoms with Crippen molar-refractivity contribution in [3.8, 4) is 0 Å². The molecule has 0 aliphatic heterocycles. The minimum Gasteiger partial charge on any atom is -0.386 e. The van der Waals surface area contributed by atoms with Gasteiger partial charge in [0.15, 0.2) is 0 Å². The first kappa shape index (κ1) is 11.3. The highest BCUT2D eigenvalue weighted by Crippen LogP contribution is 2.11. The van der Waals surface area contributed by atoms with E-state index in [1.807, 2.05) is 24.3 Å². The molecule has 0 saturated carbocycles. The Balaban J connectivity index is 2.61. The van der Waals surface area contributed by atoms with Gasteiger partial charge in [0, 0.05) is 12.6 Å². The summed E-state index contributed by atoms with van der Waals surface area (Å²) in [6.45, 7) is 7.83. The molecule has 1 aromatic rings. The topological polar surface area (TPSA) is 64.1 Å². The number of nitrogens with two attached hydrogens (primary N) is 2. The second kappa shape index (κ2) is 5.22. The number of hydrogen-bond donors (Lipinski definition) is 3. The highest BCUT2D eigenvalue weighted by Gasteiger charge is 2.04. The molecule has 0 spiro atoms. The van der Waals surface area contributed by atoms with E-state index in [2.05, 4.69) is 18.5 Å². The van der Waals surface area contributed by atoms with Gasteiger partial charge < -0.3 is 16.8 Å². The molecule has 0 saturated heterocycles. The van der Waals surface area contributed by atoms with Crippen molar-refractivity contribution in [3.05, 3.63) is 54.4 Å². The van der Waals surface area contributed by atoms with E-state index in [1.54, 1.807) is 6.08 Å². The Morgan fingerprint density at radius 3 is 2.47 bits per heavy atom. The molecule has 1 aromatic carbocycles. The normalized spacial score (nSPS) is 11.8. The van der Waals surface area contributed by atoms with Gasteiger partial charge in [-0.2, -0.15) is 0 Å². The van der Waals surface area contributed by atoms with Crippen LogP contribution in [0.25, 0.3) is 6.08 Å². The number of nitrogens with one attached hydrogen (secondary N) is 1. The lowest BCUT2D eigenvalue weighted by atomic mass is 10.1. The summed E-state index contributed by atoms with van der Waals surface area (Å²) in [6, 6.07) is 7.87.